The molecule has 1 aliphatic heterocycles. The number of rotatable bonds is 4. The molecule has 94 valence electrons. The van der Waals surface area contributed by atoms with Gasteiger partial charge < -0.3 is 10.2 Å². The number of benzene rings is 1. The number of nitrogens with one attached hydrogen (secondary N) is 1. The van der Waals surface area contributed by atoms with Gasteiger partial charge in [-0.05, 0) is 18.1 Å². The van der Waals surface area contributed by atoms with E-state index in [0.717, 1.165) is 25.1 Å². The molecule has 1 amide bonds. The number of para-hydroxylation sites is 1. The Labute approximate surface area is 108 Å². The van der Waals surface area contributed by atoms with Crippen molar-refractivity contribution in [2.45, 2.75) is 25.8 Å². The summed E-state index contributed by atoms with van der Waals surface area (Å²) in [6.07, 6.45) is 6.99. The molecule has 1 aromatic carbocycles. The molecule has 1 atom stereocenters. The van der Waals surface area contributed by atoms with E-state index < -0.39 is 0 Å². The normalized spacial score (nSPS) is 16.6. The molecule has 0 saturated heterocycles. The van der Waals surface area contributed by atoms with Gasteiger partial charge >= 0.3 is 0 Å². The van der Waals surface area contributed by atoms with E-state index in [1.807, 2.05) is 25.1 Å². The Hall–Kier alpha value is -1.95. The second-order valence-electron chi connectivity index (χ2n) is 4.52. The minimum atomic E-state index is -0.165. The van der Waals surface area contributed by atoms with Crippen molar-refractivity contribution in [1.82, 2.24) is 4.90 Å². The van der Waals surface area contributed by atoms with Gasteiger partial charge in [-0.25, -0.2) is 0 Å². The lowest BCUT2D eigenvalue weighted by Gasteiger charge is -2.23. The molecule has 3 heteroatoms. The fourth-order valence-corrected chi connectivity index (χ4v) is 2.31. The van der Waals surface area contributed by atoms with E-state index in [0.29, 0.717) is 6.54 Å². The Morgan fingerprint density at radius 3 is 3.00 bits per heavy atom. The van der Waals surface area contributed by atoms with Crippen molar-refractivity contribution in [2.24, 2.45) is 0 Å². The van der Waals surface area contributed by atoms with Gasteiger partial charge in [0.2, 0.25) is 5.91 Å². The van der Waals surface area contributed by atoms with Crippen LogP contribution < -0.4 is 5.32 Å². The van der Waals surface area contributed by atoms with Crippen molar-refractivity contribution < 1.29 is 4.79 Å². The molecule has 0 aliphatic carbocycles. The largest absolute Gasteiger partial charge is 0.373 e. The number of carbonyl (C=O) groups excluding carboxylic acids is 1. The Morgan fingerprint density at radius 1 is 1.56 bits per heavy atom. The van der Waals surface area contributed by atoms with E-state index in [1.165, 1.54) is 5.56 Å². The fourth-order valence-electron chi connectivity index (χ4n) is 2.31. The fraction of sp³-hybridized carbons (Fsp3) is 0.400. The van der Waals surface area contributed by atoms with Crippen LogP contribution in [-0.4, -0.2) is 29.9 Å². The van der Waals surface area contributed by atoms with Gasteiger partial charge in [-0.15, -0.1) is 6.42 Å². The predicted octanol–water partition coefficient (Wildman–Crippen LogP) is 1.89. The number of nitrogens with zero attached hydrogens (tertiary/aromatic N) is 1. The summed E-state index contributed by atoms with van der Waals surface area (Å²) in [5.41, 5.74) is 2.26. The summed E-state index contributed by atoms with van der Waals surface area (Å²) in [7, 11) is 0. The number of anilines is 1. The standard InChI is InChI=1S/C15H18N2O/c1-3-9-17(10-4-2)15(18)14-11-12-7-5-6-8-13(12)16-14/h1,5-8,14,16H,4,9-11H2,2H3. The van der Waals surface area contributed by atoms with Crippen molar-refractivity contribution in [2.75, 3.05) is 18.4 Å². The molecular weight excluding hydrogens is 224 g/mol. The maximum Gasteiger partial charge on any atom is 0.246 e. The molecule has 1 heterocycles. The first-order valence-corrected chi connectivity index (χ1v) is 6.33. The van der Waals surface area contributed by atoms with Crippen LogP contribution in [0.25, 0.3) is 0 Å². The topological polar surface area (TPSA) is 32.3 Å². The zero-order valence-corrected chi connectivity index (χ0v) is 10.6. The highest BCUT2D eigenvalue weighted by atomic mass is 16.2. The molecule has 1 aliphatic rings. The summed E-state index contributed by atoms with van der Waals surface area (Å²) >= 11 is 0. The summed E-state index contributed by atoms with van der Waals surface area (Å²) in [5, 5.41) is 3.27. The zero-order chi connectivity index (χ0) is 13.0. The monoisotopic (exact) mass is 242 g/mol. The van der Waals surface area contributed by atoms with Gasteiger partial charge in [0.25, 0.3) is 0 Å². The lowest BCUT2D eigenvalue weighted by Crippen LogP contribution is -2.42. The summed E-state index contributed by atoms with van der Waals surface area (Å²) < 4.78 is 0. The van der Waals surface area contributed by atoms with Crippen LogP contribution in [0.2, 0.25) is 0 Å². The Kier molecular flexibility index (Phi) is 3.88. The molecule has 18 heavy (non-hydrogen) atoms. The molecule has 0 aromatic heterocycles. The number of fused-ring (bicyclic) bond motifs is 1. The maximum atomic E-state index is 12.4. The molecule has 0 fully saturated rings. The van der Waals surface area contributed by atoms with Gasteiger partial charge in [0.15, 0.2) is 0 Å². The molecule has 1 N–H and O–H groups in total. The van der Waals surface area contributed by atoms with Crippen LogP contribution >= 0.6 is 0 Å². The summed E-state index contributed by atoms with van der Waals surface area (Å²) in [6, 6.07) is 7.87. The molecule has 0 radical (unpaired) electrons. The van der Waals surface area contributed by atoms with Crippen molar-refractivity contribution in [3.05, 3.63) is 29.8 Å². The number of hydrogen-bond donors (Lipinski definition) is 1. The molecule has 1 aromatic rings. The maximum absolute atomic E-state index is 12.4. The molecule has 0 saturated carbocycles. The first-order chi connectivity index (χ1) is 8.76. The first-order valence-electron chi connectivity index (χ1n) is 6.33. The lowest BCUT2D eigenvalue weighted by atomic mass is 10.1. The van der Waals surface area contributed by atoms with E-state index >= 15 is 0 Å². The van der Waals surface area contributed by atoms with Crippen LogP contribution in [0.1, 0.15) is 18.9 Å². The molecule has 3 nitrogen and oxygen atoms in total. The number of carbonyl (C=O) groups is 1. The molecule has 2 rings (SSSR count). The third-order valence-electron chi connectivity index (χ3n) is 3.16. The second-order valence-corrected chi connectivity index (χ2v) is 4.52. The smallest absolute Gasteiger partial charge is 0.246 e. The minimum absolute atomic E-state index is 0.103. The minimum Gasteiger partial charge on any atom is -0.373 e. The van der Waals surface area contributed by atoms with Crippen LogP contribution in [-0.2, 0) is 11.2 Å². The van der Waals surface area contributed by atoms with Crippen LogP contribution in [0.15, 0.2) is 24.3 Å². The quantitative estimate of drug-likeness (QED) is 0.818. The van der Waals surface area contributed by atoms with E-state index in [2.05, 4.69) is 17.3 Å². The number of terminal acetylenes is 1. The van der Waals surface area contributed by atoms with Crippen LogP contribution in [0, 0.1) is 12.3 Å². The Balaban J connectivity index is 2.06. The lowest BCUT2D eigenvalue weighted by molar-refractivity contribution is -0.131. The predicted molar refractivity (Wildman–Crippen MR) is 73.3 cm³/mol. The molecular formula is C15H18N2O. The summed E-state index contributed by atoms with van der Waals surface area (Å²) in [5.74, 6) is 2.66. The van der Waals surface area contributed by atoms with Gasteiger partial charge in [0, 0.05) is 18.7 Å². The van der Waals surface area contributed by atoms with E-state index in [9.17, 15) is 4.79 Å². The zero-order valence-electron chi connectivity index (χ0n) is 10.6. The highest BCUT2D eigenvalue weighted by Crippen LogP contribution is 2.25. The number of hydrogen-bond acceptors (Lipinski definition) is 2. The molecule has 0 bridgehead atoms. The molecule has 0 spiro atoms. The van der Waals surface area contributed by atoms with Gasteiger partial charge in [0.1, 0.15) is 6.04 Å². The summed E-state index contributed by atoms with van der Waals surface area (Å²) in [4.78, 5) is 14.1. The third kappa shape index (κ3) is 2.48. The van der Waals surface area contributed by atoms with Crippen LogP contribution in [0.3, 0.4) is 0 Å². The first kappa shape index (κ1) is 12.5. The SMILES string of the molecule is C#CCN(CCC)C(=O)C1Cc2ccccc2N1. The second kappa shape index (κ2) is 5.59. The third-order valence-corrected chi connectivity index (χ3v) is 3.16. The van der Waals surface area contributed by atoms with Crippen molar-refractivity contribution in [1.29, 1.82) is 0 Å². The van der Waals surface area contributed by atoms with Gasteiger partial charge in [0.05, 0.1) is 6.54 Å². The molecule has 1 unspecified atom stereocenters. The van der Waals surface area contributed by atoms with Crippen molar-refractivity contribution in [3.8, 4) is 12.3 Å². The average molecular weight is 242 g/mol. The van der Waals surface area contributed by atoms with Crippen LogP contribution in [0.4, 0.5) is 5.69 Å². The number of amides is 1. The highest BCUT2D eigenvalue weighted by Gasteiger charge is 2.29. The van der Waals surface area contributed by atoms with Crippen LogP contribution in [0.5, 0.6) is 0 Å². The van der Waals surface area contributed by atoms with Crippen molar-refractivity contribution >= 4 is 11.6 Å². The van der Waals surface area contributed by atoms with Gasteiger partial charge in [-0.3, -0.25) is 4.79 Å². The Morgan fingerprint density at radius 2 is 2.33 bits per heavy atom. The van der Waals surface area contributed by atoms with E-state index in [-0.39, 0.29) is 11.9 Å². The van der Waals surface area contributed by atoms with Gasteiger partial charge in [-0.2, -0.15) is 0 Å². The van der Waals surface area contributed by atoms with Crippen molar-refractivity contribution in [3.63, 3.8) is 0 Å². The average Bonchev–Trinajstić information content (AvgIpc) is 2.81. The summed E-state index contributed by atoms with van der Waals surface area (Å²) in [6.45, 7) is 3.16. The Bertz CT molecular complexity index is 451. The van der Waals surface area contributed by atoms with E-state index in [4.69, 9.17) is 6.42 Å². The van der Waals surface area contributed by atoms with Gasteiger partial charge in [-0.1, -0.05) is 31.0 Å². The van der Waals surface area contributed by atoms with E-state index in [1.54, 1.807) is 4.90 Å². The highest BCUT2D eigenvalue weighted by molar-refractivity contribution is 5.87.